The van der Waals surface area contributed by atoms with Gasteiger partial charge in [0.1, 0.15) is 13.2 Å². The highest BCUT2D eigenvalue weighted by Gasteiger charge is 2.11. The molecule has 2 aromatic rings. The van der Waals surface area contributed by atoms with Gasteiger partial charge in [-0.15, -0.1) is 4.98 Å². The van der Waals surface area contributed by atoms with Gasteiger partial charge < -0.3 is 37.9 Å². The lowest BCUT2D eigenvalue weighted by molar-refractivity contribution is 0.0162. The molecule has 0 bridgehead atoms. The predicted octanol–water partition coefficient (Wildman–Crippen LogP) is 2.30. The first-order chi connectivity index (χ1) is 17.8. The van der Waals surface area contributed by atoms with Crippen molar-refractivity contribution >= 4 is 6.08 Å². The Morgan fingerprint density at radius 2 is 1.00 bits per heavy atom. The van der Waals surface area contributed by atoms with Gasteiger partial charge >= 0.3 is 12.0 Å². The predicted molar refractivity (Wildman–Crippen MR) is 133 cm³/mol. The minimum atomic E-state index is 0.148. The summed E-state index contributed by atoms with van der Waals surface area (Å²) in [4.78, 5) is 13.1. The van der Waals surface area contributed by atoms with Crippen molar-refractivity contribution < 1.29 is 37.9 Å². The molecule has 0 N–H and O–H groups in total. The van der Waals surface area contributed by atoms with E-state index in [9.17, 15) is 0 Å². The van der Waals surface area contributed by atoms with Crippen LogP contribution in [-0.2, 0) is 28.4 Å². The first-order valence-electron chi connectivity index (χ1n) is 11.8. The molecule has 0 aliphatic carbocycles. The smallest absolute Gasteiger partial charge is 0.323 e. The van der Waals surface area contributed by atoms with Crippen LogP contribution in [0.3, 0.4) is 0 Å². The lowest BCUT2D eigenvalue weighted by atomic mass is 10.1. The minimum absolute atomic E-state index is 0.148. The van der Waals surface area contributed by atoms with E-state index in [0.717, 1.165) is 11.1 Å². The first kappa shape index (κ1) is 29.6. The Balaban J connectivity index is 1.84. The largest absolute Gasteiger partial charge is 0.461 e. The van der Waals surface area contributed by atoms with E-state index < -0.39 is 0 Å². The second-order valence-corrected chi connectivity index (χ2v) is 7.18. The normalized spacial score (nSPS) is 10.9. The van der Waals surface area contributed by atoms with Crippen molar-refractivity contribution in [2.45, 2.75) is 0 Å². The van der Waals surface area contributed by atoms with Crippen molar-refractivity contribution in [3.05, 3.63) is 36.4 Å². The molecular weight excluding hydrogens is 470 g/mol. The topological polar surface area (TPSA) is 113 Å². The van der Waals surface area contributed by atoms with Gasteiger partial charge in [0.2, 0.25) is 0 Å². The van der Waals surface area contributed by atoms with Crippen LogP contribution in [0, 0.1) is 0 Å². The zero-order valence-electron chi connectivity index (χ0n) is 21.2. The molecule has 0 radical (unpaired) electrons. The molecule has 0 amide bonds. The second-order valence-electron chi connectivity index (χ2n) is 7.18. The summed E-state index contributed by atoms with van der Waals surface area (Å²) in [6, 6.07) is 7.96. The van der Waals surface area contributed by atoms with E-state index in [-0.39, 0.29) is 25.2 Å². The van der Waals surface area contributed by atoms with E-state index in [1.807, 2.05) is 24.3 Å². The lowest BCUT2D eigenvalue weighted by Gasteiger charge is -2.10. The van der Waals surface area contributed by atoms with Crippen molar-refractivity contribution in [1.82, 2.24) is 15.0 Å². The van der Waals surface area contributed by atoms with Crippen LogP contribution >= 0.6 is 0 Å². The number of hydrogen-bond acceptors (Lipinski definition) is 11. The van der Waals surface area contributed by atoms with Gasteiger partial charge in [0, 0.05) is 19.8 Å². The van der Waals surface area contributed by atoms with E-state index in [1.54, 1.807) is 20.3 Å². The third kappa shape index (κ3) is 12.9. The number of benzene rings is 1. The minimum Gasteiger partial charge on any atom is -0.461 e. The molecule has 1 heterocycles. The maximum absolute atomic E-state index is 5.69. The number of ether oxygens (including phenoxy) is 8. The van der Waals surface area contributed by atoms with Gasteiger partial charge in [0.15, 0.2) is 5.82 Å². The zero-order valence-corrected chi connectivity index (χ0v) is 21.2. The number of rotatable bonds is 22. The summed E-state index contributed by atoms with van der Waals surface area (Å²) in [6.45, 7) is 9.10. The Kier molecular flexibility index (Phi) is 16.0. The highest BCUT2D eigenvalue weighted by atomic mass is 16.6. The van der Waals surface area contributed by atoms with Crippen LogP contribution in [-0.4, -0.2) is 108 Å². The molecule has 0 fully saturated rings. The fourth-order valence-corrected chi connectivity index (χ4v) is 2.68. The van der Waals surface area contributed by atoms with Crippen LogP contribution in [0.1, 0.15) is 5.56 Å². The van der Waals surface area contributed by atoms with Crippen LogP contribution < -0.4 is 9.47 Å². The van der Waals surface area contributed by atoms with E-state index in [4.69, 9.17) is 37.9 Å². The Bertz CT molecular complexity index is 798. The zero-order chi connectivity index (χ0) is 25.7. The molecule has 0 aliphatic heterocycles. The molecule has 0 atom stereocenters. The van der Waals surface area contributed by atoms with Crippen molar-refractivity contribution in [1.29, 1.82) is 0 Å². The van der Waals surface area contributed by atoms with Crippen molar-refractivity contribution in [2.75, 3.05) is 93.5 Å². The monoisotopic (exact) mass is 507 g/mol. The second kappa shape index (κ2) is 19.5. The molecule has 11 heteroatoms. The van der Waals surface area contributed by atoms with E-state index in [0.29, 0.717) is 71.9 Å². The fourth-order valence-electron chi connectivity index (χ4n) is 2.68. The standard InChI is InChI=1S/C25H37N3O8/c1-4-21-5-7-22(8-6-21)23-26-24(35-19-17-33-15-13-31-11-9-29-2)28-25(27-23)36-20-18-34-16-14-32-12-10-30-3/h4-8H,1,9-20H2,2-3H3. The van der Waals surface area contributed by atoms with E-state index in [2.05, 4.69) is 21.5 Å². The Hall–Kier alpha value is -2.67. The number of aromatic nitrogens is 3. The van der Waals surface area contributed by atoms with Gasteiger partial charge in [-0.1, -0.05) is 36.9 Å². The van der Waals surface area contributed by atoms with E-state index >= 15 is 0 Å². The molecular formula is C25H37N3O8. The van der Waals surface area contributed by atoms with Crippen LogP contribution in [0.4, 0.5) is 0 Å². The molecule has 2 rings (SSSR count). The first-order valence-corrected chi connectivity index (χ1v) is 11.8. The van der Waals surface area contributed by atoms with Crippen LogP contribution in [0.5, 0.6) is 12.0 Å². The highest BCUT2D eigenvalue weighted by Crippen LogP contribution is 2.20. The van der Waals surface area contributed by atoms with Crippen molar-refractivity contribution in [3.63, 3.8) is 0 Å². The van der Waals surface area contributed by atoms with Gasteiger partial charge in [0.05, 0.1) is 66.1 Å². The molecule has 0 unspecified atom stereocenters. The number of nitrogens with zero attached hydrogens (tertiary/aromatic N) is 3. The van der Waals surface area contributed by atoms with Gasteiger partial charge in [-0.3, -0.25) is 0 Å². The summed E-state index contributed by atoms with van der Waals surface area (Å²) in [7, 11) is 3.26. The molecule has 0 spiro atoms. The molecule has 1 aromatic carbocycles. The fraction of sp³-hybridized carbons (Fsp3) is 0.560. The van der Waals surface area contributed by atoms with E-state index in [1.165, 1.54) is 0 Å². The summed E-state index contributed by atoms with van der Waals surface area (Å²) < 4.78 is 42.9. The summed E-state index contributed by atoms with van der Waals surface area (Å²) in [6.07, 6.45) is 1.77. The molecule has 0 saturated carbocycles. The van der Waals surface area contributed by atoms with Crippen LogP contribution in [0.15, 0.2) is 30.8 Å². The third-order valence-corrected chi connectivity index (χ3v) is 4.52. The molecule has 36 heavy (non-hydrogen) atoms. The quantitative estimate of drug-likeness (QED) is 0.219. The molecule has 0 saturated heterocycles. The SMILES string of the molecule is C=Cc1ccc(-c2nc(OCCOCCOCCOC)nc(OCCOCCOCCOC)n2)cc1. The lowest BCUT2D eigenvalue weighted by Crippen LogP contribution is -2.15. The Morgan fingerprint density at radius 1 is 0.583 bits per heavy atom. The van der Waals surface area contributed by atoms with Gasteiger partial charge in [-0.05, 0) is 5.56 Å². The molecule has 11 nitrogen and oxygen atoms in total. The van der Waals surface area contributed by atoms with Gasteiger partial charge in [-0.25, -0.2) is 0 Å². The van der Waals surface area contributed by atoms with Crippen molar-refractivity contribution in [3.8, 4) is 23.4 Å². The van der Waals surface area contributed by atoms with Gasteiger partial charge in [-0.2, -0.15) is 9.97 Å². The average molecular weight is 508 g/mol. The van der Waals surface area contributed by atoms with Crippen LogP contribution in [0.2, 0.25) is 0 Å². The van der Waals surface area contributed by atoms with Gasteiger partial charge in [0.25, 0.3) is 0 Å². The number of hydrogen-bond donors (Lipinski definition) is 0. The Morgan fingerprint density at radius 3 is 1.42 bits per heavy atom. The summed E-state index contributed by atoms with van der Waals surface area (Å²) in [5.74, 6) is 0.436. The summed E-state index contributed by atoms with van der Waals surface area (Å²) >= 11 is 0. The van der Waals surface area contributed by atoms with Crippen molar-refractivity contribution in [2.24, 2.45) is 0 Å². The molecule has 200 valence electrons. The summed E-state index contributed by atoms with van der Waals surface area (Å²) in [5, 5.41) is 0. The average Bonchev–Trinajstić information content (AvgIpc) is 2.91. The maximum Gasteiger partial charge on any atom is 0.323 e. The van der Waals surface area contributed by atoms with Crippen LogP contribution in [0.25, 0.3) is 17.5 Å². The number of methoxy groups -OCH3 is 2. The highest BCUT2D eigenvalue weighted by molar-refractivity contribution is 5.59. The maximum atomic E-state index is 5.69. The summed E-state index contributed by atoms with van der Waals surface area (Å²) in [5.41, 5.74) is 1.79. The Labute approximate surface area is 212 Å². The molecule has 1 aromatic heterocycles. The molecule has 0 aliphatic rings. The third-order valence-electron chi connectivity index (χ3n) is 4.52.